The molecule has 0 aliphatic carbocycles. The summed E-state index contributed by atoms with van der Waals surface area (Å²) in [6.07, 6.45) is 8.51. The molecular formula is C22H33NO5. The van der Waals surface area contributed by atoms with Crippen molar-refractivity contribution < 1.29 is 23.8 Å². The lowest BCUT2D eigenvalue weighted by atomic mass is 10.1. The fourth-order valence-corrected chi connectivity index (χ4v) is 2.57. The predicted molar refractivity (Wildman–Crippen MR) is 110 cm³/mol. The van der Waals surface area contributed by atoms with E-state index in [-0.39, 0.29) is 13.2 Å². The first kappa shape index (κ1) is 23.7. The minimum Gasteiger partial charge on any atom is -0.494 e. The van der Waals surface area contributed by atoms with Crippen LogP contribution in [0.15, 0.2) is 29.3 Å². The van der Waals surface area contributed by atoms with Crippen molar-refractivity contribution in [3.05, 3.63) is 24.3 Å². The van der Waals surface area contributed by atoms with E-state index in [0.29, 0.717) is 18.0 Å². The van der Waals surface area contributed by atoms with Crippen LogP contribution in [0.4, 0.5) is 5.69 Å². The highest BCUT2D eigenvalue weighted by Crippen LogP contribution is 2.20. The Morgan fingerprint density at radius 2 is 1.61 bits per heavy atom. The van der Waals surface area contributed by atoms with Crippen LogP contribution in [0.1, 0.15) is 59.3 Å². The molecule has 28 heavy (non-hydrogen) atoms. The van der Waals surface area contributed by atoms with Crippen LogP contribution >= 0.6 is 0 Å². The van der Waals surface area contributed by atoms with Gasteiger partial charge in [0, 0.05) is 12.3 Å². The first-order valence-electron chi connectivity index (χ1n) is 10.2. The second-order valence-corrected chi connectivity index (χ2v) is 6.37. The van der Waals surface area contributed by atoms with Crippen LogP contribution in [0.5, 0.6) is 5.75 Å². The number of benzene rings is 1. The van der Waals surface area contributed by atoms with E-state index in [4.69, 9.17) is 14.2 Å². The average Bonchev–Trinajstić information content (AvgIpc) is 2.68. The average molecular weight is 392 g/mol. The summed E-state index contributed by atoms with van der Waals surface area (Å²) >= 11 is 0. The van der Waals surface area contributed by atoms with Gasteiger partial charge in [0.15, 0.2) is 5.92 Å². The number of hydrogen-bond acceptors (Lipinski definition) is 6. The molecule has 156 valence electrons. The van der Waals surface area contributed by atoms with E-state index >= 15 is 0 Å². The van der Waals surface area contributed by atoms with Crippen LogP contribution < -0.4 is 4.74 Å². The molecule has 0 heterocycles. The Kier molecular flexibility index (Phi) is 12.4. The molecule has 0 atom stereocenters. The van der Waals surface area contributed by atoms with Gasteiger partial charge in [-0.25, -0.2) is 0 Å². The van der Waals surface area contributed by atoms with Crippen LogP contribution in [-0.4, -0.2) is 38.0 Å². The van der Waals surface area contributed by atoms with Crippen molar-refractivity contribution in [3.63, 3.8) is 0 Å². The molecule has 0 aromatic heterocycles. The molecule has 0 fully saturated rings. The quantitative estimate of drug-likeness (QED) is 0.196. The van der Waals surface area contributed by atoms with Crippen LogP contribution in [-0.2, 0) is 19.1 Å². The van der Waals surface area contributed by atoms with Gasteiger partial charge < -0.3 is 14.2 Å². The molecule has 0 spiro atoms. The maximum atomic E-state index is 12.0. The first-order chi connectivity index (χ1) is 13.6. The molecule has 1 aromatic carbocycles. The third-order valence-electron chi connectivity index (χ3n) is 4.04. The summed E-state index contributed by atoms with van der Waals surface area (Å²) in [5.74, 6) is -1.79. The lowest BCUT2D eigenvalue weighted by molar-refractivity contribution is -0.157. The Hall–Kier alpha value is -2.37. The van der Waals surface area contributed by atoms with E-state index in [9.17, 15) is 9.59 Å². The highest BCUT2D eigenvalue weighted by atomic mass is 16.6. The summed E-state index contributed by atoms with van der Waals surface area (Å²) in [7, 11) is 0. The Morgan fingerprint density at radius 3 is 2.25 bits per heavy atom. The molecule has 6 heteroatoms. The summed E-state index contributed by atoms with van der Waals surface area (Å²) in [6, 6.07) is 7.25. The van der Waals surface area contributed by atoms with Gasteiger partial charge in [-0.3, -0.25) is 14.6 Å². The van der Waals surface area contributed by atoms with E-state index < -0.39 is 17.9 Å². The van der Waals surface area contributed by atoms with Crippen molar-refractivity contribution in [2.24, 2.45) is 10.9 Å². The van der Waals surface area contributed by atoms with E-state index in [2.05, 4.69) is 11.9 Å². The molecule has 0 aliphatic heterocycles. The number of unbranched alkanes of at least 4 members (excludes halogenated alkanes) is 5. The highest BCUT2D eigenvalue weighted by Gasteiger charge is 2.27. The first-order valence-corrected chi connectivity index (χ1v) is 10.2. The third kappa shape index (κ3) is 9.53. The Bertz CT molecular complexity index is 597. The number of nitrogens with zero attached hydrogens (tertiary/aromatic N) is 1. The number of carbonyl (C=O) groups excluding carboxylic acids is 2. The van der Waals surface area contributed by atoms with Gasteiger partial charge in [0.25, 0.3) is 0 Å². The molecule has 6 nitrogen and oxygen atoms in total. The topological polar surface area (TPSA) is 74.2 Å². The Morgan fingerprint density at radius 1 is 0.964 bits per heavy atom. The fraction of sp³-hybridized carbons (Fsp3) is 0.591. The van der Waals surface area contributed by atoms with Crippen molar-refractivity contribution in [1.82, 2.24) is 0 Å². The van der Waals surface area contributed by atoms with Gasteiger partial charge in [0.05, 0.1) is 25.5 Å². The Balaban J connectivity index is 2.60. The number of carbonyl (C=O) groups is 2. The molecule has 0 amide bonds. The Labute approximate surface area is 168 Å². The third-order valence-corrected chi connectivity index (χ3v) is 4.04. The molecule has 0 bridgehead atoms. The lowest BCUT2D eigenvalue weighted by Gasteiger charge is -2.10. The molecular weight excluding hydrogens is 358 g/mol. The number of ether oxygens (including phenoxy) is 3. The smallest absolute Gasteiger partial charge is 0.325 e. The second kappa shape index (κ2) is 14.7. The summed E-state index contributed by atoms with van der Waals surface area (Å²) in [6.45, 7) is 6.60. The van der Waals surface area contributed by atoms with Crippen LogP contribution in [0.3, 0.4) is 0 Å². The molecule has 0 saturated carbocycles. The number of esters is 2. The van der Waals surface area contributed by atoms with Gasteiger partial charge in [-0.2, -0.15) is 0 Å². The number of hydrogen-bond donors (Lipinski definition) is 0. The van der Waals surface area contributed by atoms with Gasteiger partial charge in [-0.1, -0.05) is 45.1 Å². The molecule has 0 N–H and O–H groups in total. The van der Waals surface area contributed by atoms with Crippen molar-refractivity contribution in [3.8, 4) is 5.75 Å². The molecule has 0 unspecified atom stereocenters. The van der Waals surface area contributed by atoms with Crippen LogP contribution in [0, 0.1) is 5.92 Å². The summed E-state index contributed by atoms with van der Waals surface area (Å²) < 4.78 is 15.6. The zero-order chi connectivity index (χ0) is 20.6. The number of rotatable bonds is 14. The highest BCUT2D eigenvalue weighted by molar-refractivity contribution is 6.09. The minimum absolute atomic E-state index is 0.185. The molecule has 0 radical (unpaired) electrons. The minimum atomic E-state index is -1.17. The number of aliphatic imine (C=N–C) groups is 1. The van der Waals surface area contributed by atoms with Crippen molar-refractivity contribution in [2.45, 2.75) is 59.3 Å². The lowest BCUT2D eigenvalue weighted by Crippen LogP contribution is -2.29. The zero-order valence-corrected chi connectivity index (χ0v) is 17.3. The molecule has 0 saturated heterocycles. The van der Waals surface area contributed by atoms with Gasteiger partial charge >= 0.3 is 11.9 Å². The van der Waals surface area contributed by atoms with Crippen molar-refractivity contribution in [2.75, 3.05) is 19.8 Å². The maximum absolute atomic E-state index is 12.0. The van der Waals surface area contributed by atoms with Gasteiger partial charge in [0.1, 0.15) is 5.75 Å². The van der Waals surface area contributed by atoms with Gasteiger partial charge in [0.2, 0.25) is 0 Å². The normalized spacial score (nSPS) is 11.0. The summed E-state index contributed by atoms with van der Waals surface area (Å²) in [5, 5.41) is 0. The SMILES string of the molecule is CCCCCCCCOc1cccc(N=CC(C(=O)OCC)C(=O)OCC)c1. The van der Waals surface area contributed by atoms with Crippen LogP contribution in [0.25, 0.3) is 0 Å². The van der Waals surface area contributed by atoms with E-state index in [1.165, 1.54) is 38.3 Å². The van der Waals surface area contributed by atoms with Gasteiger partial charge in [-0.05, 0) is 32.4 Å². The molecule has 1 rings (SSSR count). The largest absolute Gasteiger partial charge is 0.494 e. The van der Waals surface area contributed by atoms with Gasteiger partial charge in [-0.15, -0.1) is 0 Å². The molecule has 0 aliphatic rings. The fourth-order valence-electron chi connectivity index (χ4n) is 2.57. The molecule has 1 aromatic rings. The standard InChI is InChI=1S/C22H33NO5/c1-4-7-8-9-10-11-15-28-19-14-12-13-18(16-19)23-17-20(21(24)26-5-2)22(25)27-6-3/h12-14,16-17,20H,4-11,15H2,1-3H3. The summed E-state index contributed by atoms with van der Waals surface area (Å²) in [5.41, 5.74) is 0.596. The zero-order valence-electron chi connectivity index (χ0n) is 17.3. The van der Waals surface area contributed by atoms with Crippen molar-refractivity contribution >= 4 is 23.8 Å². The van der Waals surface area contributed by atoms with E-state index in [1.807, 2.05) is 12.1 Å². The van der Waals surface area contributed by atoms with Crippen LogP contribution in [0.2, 0.25) is 0 Å². The monoisotopic (exact) mass is 391 g/mol. The summed E-state index contributed by atoms with van der Waals surface area (Å²) in [4.78, 5) is 28.2. The van der Waals surface area contributed by atoms with E-state index in [1.54, 1.807) is 26.0 Å². The van der Waals surface area contributed by atoms with E-state index in [0.717, 1.165) is 6.42 Å². The van der Waals surface area contributed by atoms with Crippen molar-refractivity contribution in [1.29, 1.82) is 0 Å². The predicted octanol–water partition coefficient (Wildman–Crippen LogP) is 4.87. The second-order valence-electron chi connectivity index (χ2n) is 6.37. The maximum Gasteiger partial charge on any atom is 0.325 e.